The lowest BCUT2D eigenvalue weighted by atomic mass is 10.2. The molecule has 1 aliphatic heterocycles. The third-order valence-electron chi connectivity index (χ3n) is 3.38. The monoisotopic (exact) mass is 302 g/mol. The van der Waals surface area contributed by atoms with Crippen LogP contribution in [0.2, 0.25) is 0 Å². The molecule has 0 radical (unpaired) electrons. The van der Waals surface area contributed by atoms with E-state index in [9.17, 15) is 0 Å². The summed E-state index contributed by atoms with van der Waals surface area (Å²) in [6.07, 6.45) is 3.20. The minimum absolute atomic E-state index is 0.604. The molecule has 0 unspecified atom stereocenters. The van der Waals surface area contributed by atoms with Crippen molar-refractivity contribution in [1.82, 2.24) is 19.7 Å². The molecule has 6 nitrogen and oxygen atoms in total. The van der Waals surface area contributed by atoms with Crippen LogP contribution in [0.15, 0.2) is 41.9 Å². The van der Waals surface area contributed by atoms with E-state index in [2.05, 4.69) is 20.0 Å². The predicted octanol–water partition coefficient (Wildman–Crippen LogP) is 1.13. The van der Waals surface area contributed by atoms with E-state index in [1.54, 1.807) is 11.0 Å². The summed E-state index contributed by atoms with van der Waals surface area (Å²) >= 11 is 1.97. The number of rotatable bonds is 3. The summed E-state index contributed by atoms with van der Waals surface area (Å²) in [4.78, 5) is 10.6. The number of guanidine groups is 1. The maximum atomic E-state index is 6.05. The molecule has 1 aromatic heterocycles. The van der Waals surface area contributed by atoms with Crippen molar-refractivity contribution in [2.75, 3.05) is 24.6 Å². The zero-order chi connectivity index (χ0) is 14.5. The van der Waals surface area contributed by atoms with Crippen molar-refractivity contribution in [1.29, 1.82) is 0 Å². The highest BCUT2D eigenvalue weighted by Crippen LogP contribution is 2.11. The van der Waals surface area contributed by atoms with Crippen LogP contribution in [0.4, 0.5) is 0 Å². The number of aliphatic imine (C=N–C) groups is 1. The van der Waals surface area contributed by atoms with Gasteiger partial charge in [0.2, 0.25) is 0 Å². The largest absolute Gasteiger partial charge is 0.370 e. The van der Waals surface area contributed by atoms with Gasteiger partial charge in [0.1, 0.15) is 12.7 Å². The van der Waals surface area contributed by atoms with E-state index in [4.69, 9.17) is 5.73 Å². The molecule has 0 atom stereocenters. The van der Waals surface area contributed by atoms with Gasteiger partial charge in [-0.25, -0.2) is 14.7 Å². The molecule has 1 fully saturated rings. The van der Waals surface area contributed by atoms with Gasteiger partial charge >= 0.3 is 0 Å². The van der Waals surface area contributed by atoms with E-state index in [0.717, 1.165) is 35.8 Å². The van der Waals surface area contributed by atoms with Crippen LogP contribution in [0.25, 0.3) is 5.69 Å². The first-order valence-electron chi connectivity index (χ1n) is 6.89. The maximum Gasteiger partial charge on any atom is 0.191 e. The van der Waals surface area contributed by atoms with Crippen molar-refractivity contribution in [3.8, 4) is 5.69 Å². The molecule has 7 heteroatoms. The molecule has 0 aliphatic carbocycles. The summed E-state index contributed by atoms with van der Waals surface area (Å²) in [6.45, 7) is 2.59. The summed E-state index contributed by atoms with van der Waals surface area (Å²) in [6, 6.07) is 8.10. The molecule has 3 rings (SSSR count). The predicted molar refractivity (Wildman–Crippen MR) is 85.6 cm³/mol. The molecule has 1 saturated heterocycles. The molecule has 2 N–H and O–H groups in total. The minimum Gasteiger partial charge on any atom is -0.370 e. The Morgan fingerprint density at radius 1 is 1.24 bits per heavy atom. The maximum absolute atomic E-state index is 6.05. The molecule has 0 saturated carbocycles. The molecule has 1 aliphatic rings. The standard InChI is InChI=1S/C14H18N6S/c15-14(19-5-7-21-8-6-19)17-9-12-1-3-13(4-2-12)20-11-16-10-18-20/h1-4,10-11H,5-9H2,(H2,15,17). The van der Waals surface area contributed by atoms with Gasteiger partial charge in [-0.2, -0.15) is 16.9 Å². The number of aromatic nitrogens is 3. The van der Waals surface area contributed by atoms with Crippen LogP contribution in [0.1, 0.15) is 5.56 Å². The lowest BCUT2D eigenvalue weighted by Gasteiger charge is -2.27. The second-order valence-electron chi connectivity index (χ2n) is 4.78. The summed E-state index contributed by atoms with van der Waals surface area (Å²) in [5, 5.41) is 4.10. The van der Waals surface area contributed by atoms with Gasteiger partial charge in [0.25, 0.3) is 0 Å². The van der Waals surface area contributed by atoms with Crippen LogP contribution in [0.5, 0.6) is 0 Å². The van der Waals surface area contributed by atoms with Crippen LogP contribution in [-0.4, -0.2) is 50.2 Å². The molecule has 0 spiro atoms. The van der Waals surface area contributed by atoms with Crippen LogP contribution >= 0.6 is 11.8 Å². The van der Waals surface area contributed by atoms with Gasteiger partial charge in [0.15, 0.2) is 5.96 Å². The molecule has 2 heterocycles. The molecule has 1 aromatic carbocycles. The van der Waals surface area contributed by atoms with E-state index in [-0.39, 0.29) is 0 Å². The Morgan fingerprint density at radius 2 is 2.00 bits per heavy atom. The van der Waals surface area contributed by atoms with E-state index in [1.807, 2.05) is 36.0 Å². The molecule has 110 valence electrons. The van der Waals surface area contributed by atoms with Gasteiger partial charge in [-0.05, 0) is 17.7 Å². The van der Waals surface area contributed by atoms with Crippen molar-refractivity contribution < 1.29 is 0 Å². The molecule has 0 bridgehead atoms. The Labute approximate surface area is 128 Å². The number of thioether (sulfide) groups is 1. The fraction of sp³-hybridized carbons (Fsp3) is 0.357. The number of nitrogens with zero attached hydrogens (tertiary/aromatic N) is 5. The van der Waals surface area contributed by atoms with Crippen LogP contribution < -0.4 is 5.73 Å². The lowest BCUT2D eigenvalue weighted by Crippen LogP contribution is -2.42. The Bertz CT molecular complexity index is 586. The second kappa shape index (κ2) is 6.62. The molecule has 21 heavy (non-hydrogen) atoms. The summed E-state index contributed by atoms with van der Waals surface area (Å²) < 4.78 is 1.73. The minimum atomic E-state index is 0.604. The van der Waals surface area contributed by atoms with Crippen molar-refractivity contribution >= 4 is 17.7 Å². The SMILES string of the molecule is NC(=NCc1ccc(-n2cncn2)cc1)N1CCSCC1. The van der Waals surface area contributed by atoms with Crippen LogP contribution in [-0.2, 0) is 6.54 Å². The first-order valence-corrected chi connectivity index (χ1v) is 8.05. The zero-order valence-electron chi connectivity index (χ0n) is 11.7. The van der Waals surface area contributed by atoms with E-state index < -0.39 is 0 Å². The smallest absolute Gasteiger partial charge is 0.191 e. The Balaban J connectivity index is 1.62. The Kier molecular flexibility index (Phi) is 4.40. The van der Waals surface area contributed by atoms with Gasteiger partial charge in [0.05, 0.1) is 12.2 Å². The number of benzene rings is 1. The van der Waals surface area contributed by atoms with Gasteiger partial charge in [-0.15, -0.1) is 0 Å². The normalized spacial score (nSPS) is 16.2. The highest BCUT2D eigenvalue weighted by molar-refractivity contribution is 7.99. The number of hydrogen-bond acceptors (Lipinski definition) is 4. The average Bonchev–Trinajstić information content (AvgIpc) is 3.08. The van der Waals surface area contributed by atoms with Crippen molar-refractivity contribution in [3.05, 3.63) is 42.5 Å². The van der Waals surface area contributed by atoms with E-state index in [0.29, 0.717) is 12.5 Å². The number of nitrogens with two attached hydrogens (primary N) is 1. The summed E-state index contributed by atoms with van der Waals surface area (Å²) in [5.74, 6) is 2.90. The summed E-state index contributed by atoms with van der Waals surface area (Å²) in [5.41, 5.74) is 8.17. The van der Waals surface area contributed by atoms with Crippen molar-refractivity contribution in [3.63, 3.8) is 0 Å². The topological polar surface area (TPSA) is 72.3 Å². The first kappa shape index (κ1) is 13.9. The van der Waals surface area contributed by atoms with Crippen LogP contribution in [0.3, 0.4) is 0 Å². The average molecular weight is 302 g/mol. The van der Waals surface area contributed by atoms with E-state index in [1.165, 1.54) is 6.33 Å². The van der Waals surface area contributed by atoms with Gasteiger partial charge < -0.3 is 10.6 Å². The fourth-order valence-electron chi connectivity index (χ4n) is 2.16. The highest BCUT2D eigenvalue weighted by Gasteiger charge is 2.11. The first-order chi connectivity index (χ1) is 10.3. The Morgan fingerprint density at radius 3 is 2.67 bits per heavy atom. The third-order valence-corrected chi connectivity index (χ3v) is 4.32. The highest BCUT2D eigenvalue weighted by atomic mass is 32.2. The quantitative estimate of drug-likeness (QED) is 0.680. The number of hydrogen-bond donors (Lipinski definition) is 1. The zero-order valence-corrected chi connectivity index (χ0v) is 12.5. The van der Waals surface area contributed by atoms with Gasteiger partial charge in [-0.1, -0.05) is 12.1 Å². The second-order valence-corrected chi connectivity index (χ2v) is 6.01. The summed E-state index contributed by atoms with van der Waals surface area (Å²) in [7, 11) is 0. The fourth-order valence-corrected chi connectivity index (χ4v) is 3.06. The molecular formula is C14H18N6S. The van der Waals surface area contributed by atoms with Gasteiger partial charge in [0, 0.05) is 24.6 Å². The van der Waals surface area contributed by atoms with Crippen molar-refractivity contribution in [2.24, 2.45) is 10.7 Å². The van der Waals surface area contributed by atoms with Crippen LogP contribution in [0, 0.1) is 0 Å². The molecular weight excluding hydrogens is 284 g/mol. The third kappa shape index (κ3) is 3.55. The molecule has 0 amide bonds. The molecule has 2 aromatic rings. The van der Waals surface area contributed by atoms with E-state index >= 15 is 0 Å². The Hall–Kier alpha value is -2.02. The lowest BCUT2D eigenvalue weighted by molar-refractivity contribution is 0.455. The van der Waals surface area contributed by atoms with Gasteiger partial charge in [-0.3, -0.25) is 0 Å². The van der Waals surface area contributed by atoms with Crippen molar-refractivity contribution in [2.45, 2.75) is 6.54 Å².